The normalized spacial score (nSPS) is 17.2. The lowest BCUT2D eigenvalue weighted by Gasteiger charge is -2.30. The van der Waals surface area contributed by atoms with Gasteiger partial charge in [-0.2, -0.15) is 13.2 Å². The van der Waals surface area contributed by atoms with Crippen LogP contribution in [0.1, 0.15) is 27.0 Å². The number of amides is 2. The van der Waals surface area contributed by atoms with E-state index in [-0.39, 0.29) is 18.5 Å². The minimum absolute atomic E-state index is 0.123. The number of halogens is 3. The third-order valence-corrected chi connectivity index (χ3v) is 5.62. The topological polar surface area (TPSA) is 113 Å². The van der Waals surface area contributed by atoms with Gasteiger partial charge in [-0.1, -0.05) is 48.0 Å². The van der Waals surface area contributed by atoms with E-state index < -0.39 is 46.2 Å². The molecular weight excluding hydrogens is 453 g/mol. The van der Waals surface area contributed by atoms with E-state index in [1.807, 2.05) is 10.3 Å². The van der Waals surface area contributed by atoms with Gasteiger partial charge < -0.3 is 10.6 Å². The summed E-state index contributed by atoms with van der Waals surface area (Å²) in [5.74, 6) is -3.48. The van der Waals surface area contributed by atoms with Crippen LogP contribution in [0, 0.1) is 6.92 Å². The summed E-state index contributed by atoms with van der Waals surface area (Å²) < 4.78 is 44.2. The number of hydrogen-bond acceptors (Lipinski definition) is 4. The van der Waals surface area contributed by atoms with Gasteiger partial charge >= 0.3 is 11.9 Å². The first-order valence-electron chi connectivity index (χ1n) is 10.2. The number of aryl methyl sites for hydroxylation is 2. The molecule has 34 heavy (non-hydrogen) atoms. The largest absolute Gasteiger partial charge is 0.425 e. The highest BCUT2D eigenvalue weighted by atomic mass is 19.4. The van der Waals surface area contributed by atoms with Gasteiger partial charge in [0.2, 0.25) is 0 Å². The fourth-order valence-electron chi connectivity index (χ4n) is 3.95. The molecule has 0 aliphatic carbocycles. The van der Waals surface area contributed by atoms with Crippen molar-refractivity contribution < 1.29 is 22.8 Å². The van der Waals surface area contributed by atoms with Crippen molar-refractivity contribution in [1.29, 1.82) is 0 Å². The Morgan fingerprint density at radius 3 is 2.41 bits per heavy atom. The predicted molar refractivity (Wildman–Crippen MR) is 116 cm³/mol. The maximum atomic E-state index is 14.4. The lowest BCUT2D eigenvalue weighted by atomic mass is 9.91. The van der Waals surface area contributed by atoms with Gasteiger partial charge in [-0.05, 0) is 31.0 Å². The number of aromatic nitrogens is 2. The first kappa shape index (κ1) is 23.0. The number of rotatable bonds is 5. The molecule has 2 heterocycles. The zero-order valence-electron chi connectivity index (χ0n) is 17.8. The summed E-state index contributed by atoms with van der Waals surface area (Å²) in [6.45, 7) is 1.52. The smallest absolute Gasteiger partial charge is 0.326 e. The van der Waals surface area contributed by atoms with Crippen LogP contribution in [0.15, 0.2) is 64.2 Å². The van der Waals surface area contributed by atoms with Gasteiger partial charge in [0.25, 0.3) is 22.9 Å². The molecule has 0 radical (unpaired) electrons. The number of alkyl halides is 3. The molecule has 0 unspecified atom stereocenters. The molecule has 1 aliphatic heterocycles. The third kappa shape index (κ3) is 3.78. The van der Waals surface area contributed by atoms with Gasteiger partial charge in [-0.15, -0.1) is 0 Å². The molecule has 0 spiro atoms. The van der Waals surface area contributed by atoms with Crippen molar-refractivity contribution in [3.05, 3.63) is 97.7 Å². The Kier molecular flexibility index (Phi) is 5.64. The SMILES string of the molecule is Cc1cccc(C(=O)N[C@]2(C(F)(F)F)C(=O)Nc3c2c(=O)[nH]c(=O)n3CCc2ccccc2)c1. The Morgan fingerprint density at radius 1 is 1.06 bits per heavy atom. The van der Waals surface area contributed by atoms with E-state index in [4.69, 9.17) is 0 Å². The van der Waals surface area contributed by atoms with E-state index in [0.29, 0.717) is 5.56 Å². The number of aromatic amines is 1. The van der Waals surface area contributed by atoms with Crippen LogP contribution in [0.25, 0.3) is 0 Å². The maximum Gasteiger partial charge on any atom is 0.425 e. The molecule has 0 saturated carbocycles. The zero-order valence-corrected chi connectivity index (χ0v) is 17.8. The van der Waals surface area contributed by atoms with E-state index in [1.165, 1.54) is 18.2 Å². The van der Waals surface area contributed by atoms with Crippen molar-refractivity contribution in [3.63, 3.8) is 0 Å². The van der Waals surface area contributed by atoms with Gasteiger partial charge in [0.1, 0.15) is 11.4 Å². The summed E-state index contributed by atoms with van der Waals surface area (Å²) in [4.78, 5) is 52.5. The molecular formula is C23H19F3N4O4. The van der Waals surface area contributed by atoms with Gasteiger partial charge in [-0.3, -0.25) is 23.9 Å². The summed E-state index contributed by atoms with van der Waals surface area (Å²) in [6.07, 6.45) is -5.15. The second-order valence-corrected chi connectivity index (χ2v) is 7.90. The molecule has 1 atom stereocenters. The average molecular weight is 472 g/mol. The Morgan fingerprint density at radius 2 is 1.76 bits per heavy atom. The third-order valence-electron chi connectivity index (χ3n) is 5.62. The van der Waals surface area contributed by atoms with Crippen LogP contribution in [0.3, 0.4) is 0 Å². The number of nitrogens with one attached hydrogen (secondary N) is 3. The van der Waals surface area contributed by atoms with E-state index in [2.05, 4.69) is 0 Å². The van der Waals surface area contributed by atoms with Crippen LogP contribution >= 0.6 is 0 Å². The van der Waals surface area contributed by atoms with E-state index in [9.17, 15) is 32.3 Å². The monoisotopic (exact) mass is 472 g/mol. The Labute approximate surface area is 190 Å². The zero-order chi connectivity index (χ0) is 24.7. The van der Waals surface area contributed by atoms with Crippen molar-refractivity contribution in [3.8, 4) is 0 Å². The standard InChI is InChI=1S/C23H19F3N4O4/c1-13-6-5-9-15(12-13)18(31)29-22(23(24,25)26)16-17(27-20(22)33)30(21(34)28-19(16)32)11-10-14-7-3-2-4-8-14/h2-9,12H,10-11H2,1H3,(H,27,33)(H,29,31)(H,28,32,34)/t22-/m0/s1. The van der Waals surface area contributed by atoms with Crippen LogP contribution in [0.4, 0.5) is 19.0 Å². The number of carbonyl (C=O) groups excluding carboxylic acids is 2. The van der Waals surface area contributed by atoms with Gasteiger partial charge in [0.15, 0.2) is 0 Å². The highest BCUT2D eigenvalue weighted by Gasteiger charge is 2.68. The number of carbonyl (C=O) groups is 2. The van der Waals surface area contributed by atoms with E-state index in [0.717, 1.165) is 10.1 Å². The van der Waals surface area contributed by atoms with Crippen LogP contribution in [0.2, 0.25) is 0 Å². The maximum absolute atomic E-state index is 14.4. The first-order valence-corrected chi connectivity index (χ1v) is 10.2. The Hall–Kier alpha value is -4.15. The Bertz CT molecular complexity index is 1400. The lowest BCUT2D eigenvalue weighted by Crippen LogP contribution is -2.62. The summed E-state index contributed by atoms with van der Waals surface area (Å²) in [6, 6.07) is 14.6. The molecule has 2 aromatic carbocycles. The fraction of sp³-hybridized carbons (Fsp3) is 0.217. The van der Waals surface area contributed by atoms with Crippen LogP contribution in [0.5, 0.6) is 0 Å². The van der Waals surface area contributed by atoms with E-state index in [1.54, 1.807) is 48.6 Å². The highest BCUT2D eigenvalue weighted by Crippen LogP contribution is 2.45. The number of hydrogen-bond donors (Lipinski definition) is 3. The van der Waals surface area contributed by atoms with E-state index >= 15 is 0 Å². The number of anilines is 1. The molecule has 176 valence electrons. The lowest BCUT2D eigenvalue weighted by molar-refractivity contribution is -0.196. The number of H-pyrrole nitrogens is 1. The minimum atomic E-state index is -5.39. The van der Waals surface area contributed by atoms with Crippen LogP contribution in [-0.2, 0) is 23.3 Å². The minimum Gasteiger partial charge on any atom is -0.326 e. The molecule has 3 N–H and O–H groups in total. The molecule has 1 aromatic heterocycles. The second-order valence-electron chi connectivity index (χ2n) is 7.90. The van der Waals surface area contributed by atoms with Crippen molar-refractivity contribution in [2.24, 2.45) is 0 Å². The summed E-state index contributed by atoms with van der Waals surface area (Å²) >= 11 is 0. The molecule has 0 saturated heterocycles. The number of nitrogens with zero attached hydrogens (tertiary/aromatic N) is 1. The summed E-state index contributed by atoms with van der Waals surface area (Å²) in [5, 5.41) is 3.75. The van der Waals surface area contributed by atoms with Gasteiger partial charge in [0, 0.05) is 12.1 Å². The highest BCUT2D eigenvalue weighted by molar-refractivity contribution is 6.09. The van der Waals surface area contributed by atoms with Crippen molar-refractivity contribution >= 4 is 17.6 Å². The van der Waals surface area contributed by atoms with Crippen molar-refractivity contribution in [2.45, 2.75) is 31.6 Å². The van der Waals surface area contributed by atoms with Crippen molar-refractivity contribution in [2.75, 3.05) is 5.32 Å². The molecule has 0 bridgehead atoms. The molecule has 8 nitrogen and oxygen atoms in total. The fourth-order valence-corrected chi connectivity index (χ4v) is 3.95. The van der Waals surface area contributed by atoms with Gasteiger partial charge in [-0.25, -0.2) is 4.79 Å². The molecule has 2 amide bonds. The predicted octanol–water partition coefficient (Wildman–Crippen LogP) is 2.23. The van der Waals surface area contributed by atoms with Crippen LogP contribution < -0.4 is 21.9 Å². The Balaban J connectivity index is 1.83. The first-order chi connectivity index (χ1) is 16.0. The van der Waals surface area contributed by atoms with Crippen LogP contribution in [-0.4, -0.2) is 27.5 Å². The molecule has 11 heteroatoms. The molecule has 4 rings (SSSR count). The number of fused-ring (bicyclic) bond motifs is 1. The molecule has 1 aliphatic rings. The van der Waals surface area contributed by atoms with Crippen molar-refractivity contribution in [1.82, 2.24) is 14.9 Å². The quantitative estimate of drug-likeness (QED) is 0.529. The molecule has 3 aromatic rings. The average Bonchev–Trinajstić information content (AvgIpc) is 3.07. The number of benzene rings is 2. The van der Waals surface area contributed by atoms with Gasteiger partial charge in [0.05, 0.1) is 0 Å². The summed E-state index contributed by atoms with van der Waals surface area (Å²) in [5.41, 5.74) is -5.90. The molecule has 0 fully saturated rings. The second kappa shape index (κ2) is 8.32. The summed E-state index contributed by atoms with van der Waals surface area (Å²) in [7, 11) is 0.